The van der Waals surface area contributed by atoms with E-state index in [1.165, 1.54) is 4.31 Å². The van der Waals surface area contributed by atoms with Crippen LogP contribution in [0.4, 0.5) is 0 Å². The Morgan fingerprint density at radius 3 is 2.69 bits per heavy atom. The Morgan fingerprint density at radius 2 is 2.12 bits per heavy atom. The Balaban J connectivity index is 2.64. The average molecular weight is 250 g/mol. The Labute approximate surface area is 98.0 Å². The van der Waals surface area contributed by atoms with Crippen molar-refractivity contribution < 1.29 is 13.2 Å². The number of ether oxygens (including phenoxy) is 1. The number of unbranched alkanes of at least 4 members (excludes halogenated alkanes) is 1. The number of sulfonamides is 1. The molecule has 2 atom stereocenters. The van der Waals surface area contributed by atoms with Gasteiger partial charge in [-0.05, 0) is 13.3 Å². The molecule has 0 spiro atoms. The van der Waals surface area contributed by atoms with Crippen LogP contribution in [0.25, 0.3) is 0 Å². The summed E-state index contributed by atoms with van der Waals surface area (Å²) < 4.78 is 31.0. The molecule has 0 aliphatic carbocycles. The maximum Gasteiger partial charge on any atom is 0.214 e. The molecule has 0 bridgehead atoms. The zero-order valence-electron chi connectivity index (χ0n) is 10.1. The number of rotatable bonds is 5. The first-order chi connectivity index (χ1) is 7.49. The van der Waals surface area contributed by atoms with Gasteiger partial charge in [-0.15, -0.1) is 0 Å². The van der Waals surface area contributed by atoms with Crippen LogP contribution in [-0.2, 0) is 14.8 Å². The molecule has 2 unspecified atom stereocenters. The summed E-state index contributed by atoms with van der Waals surface area (Å²) in [5.74, 6) is 0.230. The summed E-state index contributed by atoms with van der Waals surface area (Å²) >= 11 is 0. The minimum Gasteiger partial charge on any atom is -0.371 e. The molecule has 1 fully saturated rings. The predicted octanol–water partition coefficient (Wildman–Crippen LogP) is 0.164. The first-order valence-corrected chi connectivity index (χ1v) is 7.44. The van der Waals surface area contributed by atoms with Crippen molar-refractivity contribution in [3.8, 4) is 0 Å². The highest BCUT2D eigenvalue weighted by atomic mass is 32.2. The fourth-order valence-corrected chi connectivity index (χ4v) is 3.56. The average Bonchev–Trinajstić information content (AvgIpc) is 2.25. The topological polar surface area (TPSA) is 72.6 Å². The van der Waals surface area contributed by atoms with Gasteiger partial charge in [0.2, 0.25) is 10.0 Å². The third kappa shape index (κ3) is 3.69. The van der Waals surface area contributed by atoms with Crippen LogP contribution in [0.3, 0.4) is 0 Å². The summed E-state index contributed by atoms with van der Waals surface area (Å²) in [5.41, 5.74) is 5.52. The summed E-state index contributed by atoms with van der Waals surface area (Å²) in [6, 6.07) is 0. The molecule has 96 valence electrons. The van der Waals surface area contributed by atoms with E-state index >= 15 is 0 Å². The molecule has 5 nitrogen and oxygen atoms in total. The van der Waals surface area contributed by atoms with Gasteiger partial charge in [0.25, 0.3) is 0 Å². The van der Waals surface area contributed by atoms with Crippen LogP contribution in [0.1, 0.15) is 26.7 Å². The Morgan fingerprint density at radius 1 is 1.44 bits per heavy atom. The van der Waals surface area contributed by atoms with Gasteiger partial charge in [-0.1, -0.05) is 13.3 Å². The van der Waals surface area contributed by atoms with Crippen LogP contribution in [-0.4, -0.2) is 50.3 Å². The molecule has 1 heterocycles. The van der Waals surface area contributed by atoms with Gasteiger partial charge in [-0.3, -0.25) is 0 Å². The standard InChI is InChI=1S/C10H22N2O3S/c1-3-4-5-16(13,14)12-7-9(2)15-10(6-11)8-12/h9-10H,3-8,11H2,1-2H3. The van der Waals surface area contributed by atoms with Gasteiger partial charge in [-0.25, -0.2) is 8.42 Å². The lowest BCUT2D eigenvalue weighted by molar-refractivity contribution is -0.0486. The number of hydrogen-bond acceptors (Lipinski definition) is 4. The van der Waals surface area contributed by atoms with Crippen molar-refractivity contribution in [2.75, 3.05) is 25.4 Å². The monoisotopic (exact) mass is 250 g/mol. The third-order valence-corrected chi connectivity index (χ3v) is 4.59. The van der Waals surface area contributed by atoms with Gasteiger partial charge < -0.3 is 10.5 Å². The van der Waals surface area contributed by atoms with Gasteiger partial charge in [0.1, 0.15) is 0 Å². The van der Waals surface area contributed by atoms with E-state index in [4.69, 9.17) is 10.5 Å². The summed E-state index contributed by atoms with van der Waals surface area (Å²) in [6.45, 7) is 5.07. The second-order valence-electron chi connectivity index (χ2n) is 4.29. The molecule has 0 aromatic rings. The number of morpholine rings is 1. The number of nitrogens with two attached hydrogens (primary N) is 1. The van der Waals surface area contributed by atoms with Crippen molar-refractivity contribution in [1.29, 1.82) is 0 Å². The first kappa shape index (κ1) is 13.9. The van der Waals surface area contributed by atoms with E-state index in [1.807, 2.05) is 13.8 Å². The number of hydrogen-bond donors (Lipinski definition) is 1. The van der Waals surface area contributed by atoms with E-state index in [2.05, 4.69) is 0 Å². The summed E-state index contributed by atoms with van der Waals surface area (Å²) in [7, 11) is -3.12. The minimum atomic E-state index is -3.12. The van der Waals surface area contributed by atoms with Crippen LogP contribution < -0.4 is 5.73 Å². The molecule has 6 heteroatoms. The van der Waals surface area contributed by atoms with Crippen LogP contribution in [0, 0.1) is 0 Å². The van der Waals surface area contributed by atoms with Crippen molar-refractivity contribution >= 4 is 10.0 Å². The third-order valence-electron chi connectivity index (χ3n) is 2.70. The zero-order valence-corrected chi connectivity index (χ0v) is 10.9. The van der Waals surface area contributed by atoms with Crippen molar-refractivity contribution in [1.82, 2.24) is 4.31 Å². The Bertz CT molecular complexity index is 305. The van der Waals surface area contributed by atoms with Crippen molar-refractivity contribution in [3.05, 3.63) is 0 Å². The van der Waals surface area contributed by atoms with E-state index < -0.39 is 10.0 Å². The van der Waals surface area contributed by atoms with Gasteiger partial charge in [0.05, 0.1) is 18.0 Å². The molecule has 0 saturated carbocycles. The smallest absolute Gasteiger partial charge is 0.214 e. The zero-order chi connectivity index (χ0) is 12.2. The molecular weight excluding hydrogens is 228 g/mol. The summed E-state index contributed by atoms with van der Waals surface area (Å²) in [5, 5.41) is 0. The van der Waals surface area contributed by atoms with E-state index in [0.29, 0.717) is 26.1 Å². The highest BCUT2D eigenvalue weighted by molar-refractivity contribution is 7.89. The molecule has 1 aliphatic rings. The van der Waals surface area contributed by atoms with E-state index in [1.54, 1.807) is 0 Å². The van der Waals surface area contributed by atoms with Gasteiger partial charge in [-0.2, -0.15) is 4.31 Å². The molecule has 0 aromatic carbocycles. The highest BCUT2D eigenvalue weighted by Crippen LogP contribution is 2.15. The van der Waals surface area contributed by atoms with Gasteiger partial charge >= 0.3 is 0 Å². The van der Waals surface area contributed by atoms with E-state index in [-0.39, 0.29) is 18.0 Å². The maximum atomic E-state index is 12.0. The lowest BCUT2D eigenvalue weighted by atomic mass is 10.2. The lowest BCUT2D eigenvalue weighted by Crippen LogP contribution is -2.51. The second kappa shape index (κ2) is 5.95. The molecule has 0 aromatic heterocycles. The SMILES string of the molecule is CCCCS(=O)(=O)N1CC(C)OC(CN)C1. The molecule has 1 saturated heterocycles. The largest absolute Gasteiger partial charge is 0.371 e. The Hall–Kier alpha value is -0.170. The fourth-order valence-electron chi connectivity index (χ4n) is 1.82. The molecule has 0 amide bonds. The van der Waals surface area contributed by atoms with Crippen molar-refractivity contribution in [3.63, 3.8) is 0 Å². The second-order valence-corrected chi connectivity index (χ2v) is 6.38. The van der Waals surface area contributed by atoms with E-state index in [9.17, 15) is 8.42 Å². The van der Waals surface area contributed by atoms with Crippen molar-refractivity contribution in [2.45, 2.75) is 38.9 Å². The normalized spacial score (nSPS) is 28.2. The predicted molar refractivity (Wildman–Crippen MR) is 63.7 cm³/mol. The van der Waals surface area contributed by atoms with Crippen LogP contribution in [0.2, 0.25) is 0 Å². The van der Waals surface area contributed by atoms with Crippen molar-refractivity contribution in [2.24, 2.45) is 5.73 Å². The van der Waals surface area contributed by atoms with Crippen LogP contribution in [0.5, 0.6) is 0 Å². The summed E-state index contributed by atoms with van der Waals surface area (Å²) in [4.78, 5) is 0. The van der Waals surface area contributed by atoms with Gasteiger partial charge in [0, 0.05) is 19.6 Å². The minimum absolute atomic E-state index is 0.0706. The molecule has 16 heavy (non-hydrogen) atoms. The summed E-state index contributed by atoms with van der Waals surface area (Å²) in [6.07, 6.45) is 1.36. The molecule has 2 N–H and O–H groups in total. The quantitative estimate of drug-likeness (QED) is 0.754. The van der Waals surface area contributed by atoms with Crippen LogP contribution in [0.15, 0.2) is 0 Å². The van der Waals surface area contributed by atoms with Gasteiger partial charge in [0.15, 0.2) is 0 Å². The Kier molecular flexibility index (Phi) is 5.17. The molecule has 1 rings (SSSR count). The van der Waals surface area contributed by atoms with Crippen LogP contribution >= 0.6 is 0 Å². The fraction of sp³-hybridized carbons (Fsp3) is 1.00. The van der Waals surface area contributed by atoms with E-state index in [0.717, 1.165) is 6.42 Å². The first-order valence-electron chi connectivity index (χ1n) is 5.83. The molecule has 1 aliphatic heterocycles. The number of nitrogens with zero attached hydrogens (tertiary/aromatic N) is 1. The molecule has 0 radical (unpaired) electrons. The lowest BCUT2D eigenvalue weighted by Gasteiger charge is -2.35. The molecular formula is C10H22N2O3S. The maximum absolute atomic E-state index is 12.0. The highest BCUT2D eigenvalue weighted by Gasteiger charge is 2.31.